The van der Waals surface area contributed by atoms with E-state index in [-0.39, 0.29) is 0 Å². The minimum Gasteiger partial charge on any atom is -0.173 e. The van der Waals surface area contributed by atoms with E-state index in [1.54, 1.807) is 0 Å². The summed E-state index contributed by atoms with van der Waals surface area (Å²) >= 11 is 0. The lowest BCUT2D eigenvalue weighted by molar-refractivity contribution is -0.109. The van der Waals surface area contributed by atoms with Gasteiger partial charge in [0.2, 0.25) is 0 Å². The van der Waals surface area contributed by atoms with Gasteiger partial charge in [0, 0.05) is 0 Å². The van der Waals surface area contributed by atoms with Crippen LogP contribution in [0.4, 0.5) is 8.78 Å². The van der Waals surface area contributed by atoms with Crippen molar-refractivity contribution in [1.29, 1.82) is 0 Å². The second kappa shape index (κ2) is 8.51. The van der Waals surface area contributed by atoms with Gasteiger partial charge in [-0.1, -0.05) is 53.9 Å². The van der Waals surface area contributed by atoms with E-state index in [0.29, 0.717) is 35.2 Å². The predicted molar refractivity (Wildman–Crippen MR) is 122 cm³/mol. The van der Waals surface area contributed by atoms with Crippen LogP contribution in [-0.2, 0) is 0 Å². The maximum atomic E-state index is 13.3. The first kappa shape index (κ1) is 22.8. The smallest absolute Gasteiger partial charge is 0.173 e. The first-order valence-electron chi connectivity index (χ1n) is 13.2. The van der Waals surface area contributed by atoms with Crippen LogP contribution in [0, 0.1) is 52.3 Å². The molecule has 8 atom stereocenters. The van der Waals surface area contributed by atoms with E-state index in [0.717, 1.165) is 41.9 Å². The third kappa shape index (κ3) is 3.81. The monoisotopic (exact) mass is 420 g/mol. The molecule has 0 aromatic carbocycles. The molecule has 4 aliphatic carbocycles. The summed E-state index contributed by atoms with van der Waals surface area (Å²) < 4.78 is 26.6. The number of allylic oxidation sites excluding steroid dienone is 1. The largest absolute Gasteiger partial charge is 0.269 e. The summed E-state index contributed by atoms with van der Waals surface area (Å²) in [5.41, 5.74) is 1.32. The number of hydrogen-bond donors (Lipinski definition) is 0. The summed E-state index contributed by atoms with van der Waals surface area (Å²) in [5, 5.41) is 0. The van der Waals surface area contributed by atoms with Crippen LogP contribution in [0.3, 0.4) is 0 Å². The van der Waals surface area contributed by atoms with Crippen molar-refractivity contribution in [3.63, 3.8) is 0 Å². The highest BCUT2D eigenvalue weighted by atomic mass is 19.3. The molecule has 0 aromatic heterocycles. The quantitative estimate of drug-likeness (QED) is 0.415. The Balaban J connectivity index is 1.47. The molecule has 4 rings (SSSR count). The molecule has 0 nitrogen and oxygen atoms in total. The molecule has 0 saturated heterocycles. The van der Waals surface area contributed by atoms with Gasteiger partial charge >= 0.3 is 0 Å². The van der Waals surface area contributed by atoms with E-state index < -0.39 is 6.08 Å². The molecule has 0 aromatic rings. The highest BCUT2D eigenvalue weighted by Crippen LogP contribution is 2.68. The molecule has 4 saturated carbocycles. The molecule has 0 aliphatic heterocycles. The van der Waals surface area contributed by atoms with Gasteiger partial charge in [-0.15, -0.1) is 0 Å². The summed E-state index contributed by atoms with van der Waals surface area (Å²) in [6.07, 6.45) is 13.2. The minimum absolute atomic E-state index is 0.310. The molecule has 0 bridgehead atoms. The van der Waals surface area contributed by atoms with E-state index in [1.807, 2.05) is 0 Å². The van der Waals surface area contributed by atoms with E-state index in [9.17, 15) is 8.78 Å². The van der Waals surface area contributed by atoms with E-state index in [2.05, 4.69) is 34.6 Å². The van der Waals surface area contributed by atoms with Gasteiger partial charge in [-0.2, -0.15) is 8.78 Å². The average Bonchev–Trinajstić information content (AvgIpc) is 3.04. The van der Waals surface area contributed by atoms with E-state index in [1.165, 1.54) is 57.8 Å². The normalized spacial score (nSPS) is 44.4. The average molecular weight is 421 g/mol. The Kier molecular flexibility index (Phi) is 6.46. The zero-order chi connectivity index (χ0) is 21.7. The maximum Gasteiger partial charge on any atom is 0.269 e. The van der Waals surface area contributed by atoms with Crippen LogP contribution < -0.4 is 0 Å². The number of hydrogen-bond acceptors (Lipinski definition) is 0. The fraction of sp³-hybridized carbons (Fsp3) is 0.929. The standard InChI is InChI=1S/C28H46F2/c1-18(2)7-6-8-19(3)23-11-12-24-22-10-9-21-17-20(26(29)30)13-15-27(21,4)25(22)14-16-28(23,24)5/h18-19,21-25H,6-17H2,1-5H3/t19-,21+,22+,23-,24+,25+,27+,28-/m1/s1. The van der Waals surface area contributed by atoms with Crippen molar-refractivity contribution in [2.75, 3.05) is 0 Å². The zero-order valence-electron chi connectivity index (χ0n) is 20.3. The molecule has 30 heavy (non-hydrogen) atoms. The molecular weight excluding hydrogens is 374 g/mol. The molecule has 0 radical (unpaired) electrons. The summed E-state index contributed by atoms with van der Waals surface area (Å²) in [4.78, 5) is 0. The van der Waals surface area contributed by atoms with Crippen LogP contribution in [-0.4, -0.2) is 0 Å². The SMILES string of the molecule is CC(C)CCC[C@@H](C)[C@H]1CC[C@H]2[C@@H]3CC[C@H]4CC(=C(F)F)CC[C@]4(C)[C@H]3CC[C@]12C. The van der Waals surface area contributed by atoms with Crippen LogP contribution in [0.2, 0.25) is 0 Å². The Labute approximate surface area is 184 Å². The van der Waals surface area contributed by atoms with E-state index >= 15 is 0 Å². The molecular formula is C28H46F2. The van der Waals surface area contributed by atoms with Crippen molar-refractivity contribution in [2.24, 2.45) is 52.3 Å². The fourth-order valence-corrected chi connectivity index (χ4v) is 9.28. The second-order valence-electron chi connectivity index (χ2n) is 12.8. The van der Waals surface area contributed by atoms with Crippen molar-refractivity contribution >= 4 is 0 Å². The molecule has 4 aliphatic rings. The Morgan fingerprint density at radius 2 is 1.63 bits per heavy atom. The lowest BCUT2D eigenvalue weighted by atomic mass is 9.44. The summed E-state index contributed by atoms with van der Waals surface area (Å²) in [5.74, 6) is 5.63. The Hall–Kier alpha value is -0.400. The summed E-state index contributed by atoms with van der Waals surface area (Å²) in [6, 6.07) is 0. The fourth-order valence-electron chi connectivity index (χ4n) is 9.28. The Morgan fingerprint density at radius 3 is 2.33 bits per heavy atom. The van der Waals surface area contributed by atoms with Crippen molar-refractivity contribution < 1.29 is 8.78 Å². The number of fused-ring (bicyclic) bond motifs is 5. The van der Waals surface area contributed by atoms with Gasteiger partial charge in [0.25, 0.3) is 6.08 Å². The Bertz CT molecular complexity index is 647. The number of rotatable bonds is 5. The molecule has 172 valence electrons. The molecule has 0 amide bonds. The van der Waals surface area contributed by atoms with Gasteiger partial charge in [0.05, 0.1) is 0 Å². The Morgan fingerprint density at radius 1 is 0.900 bits per heavy atom. The molecule has 0 spiro atoms. The van der Waals surface area contributed by atoms with Gasteiger partial charge in [0.15, 0.2) is 0 Å². The van der Waals surface area contributed by atoms with Crippen LogP contribution in [0.5, 0.6) is 0 Å². The minimum atomic E-state index is -1.37. The lowest BCUT2D eigenvalue weighted by Gasteiger charge is -2.61. The topological polar surface area (TPSA) is 0 Å². The highest BCUT2D eigenvalue weighted by Gasteiger charge is 2.60. The van der Waals surface area contributed by atoms with Gasteiger partial charge in [-0.05, 0) is 116 Å². The lowest BCUT2D eigenvalue weighted by Crippen LogP contribution is -2.53. The summed E-state index contributed by atoms with van der Waals surface area (Å²) in [7, 11) is 0. The zero-order valence-corrected chi connectivity index (χ0v) is 20.3. The van der Waals surface area contributed by atoms with Gasteiger partial charge in [-0.3, -0.25) is 0 Å². The second-order valence-corrected chi connectivity index (χ2v) is 12.8. The van der Waals surface area contributed by atoms with Crippen LogP contribution in [0.15, 0.2) is 11.7 Å². The van der Waals surface area contributed by atoms with Crippen molar-refractivity contribution in [3.8, 4) is 0 Å². The molecule has 0 heterocycles. The van der Waals surface area contributed by atoms with E-state index in [4.69, 9.17) is 0 Å². The van der Waals surface area contributed by atoms with Gasteiger partial charge in [0.1, 0.15) is 0 Å². The van der Waals surface area contributed by atoms with Crippen molar-refractivity contribution in [3.05, 3.63) is 11.7 Å². The third-order valence-corrected chi connectivity index (χ3v) is 11.0. The van der Waals surface area contributed by atoms with Crippen molar-refractivity contribution in [2.45, 2.75) is 112 Å². The first-order chi connectivity index (χ1) is 14.2. The van der Waals surface area contributed by atoms with Crippen LogP contribution in [0.25, 0.3) is 0 Å². The van der Waals surface area contributed by atoms with Gasteiger partial charge < -0.3 is 0 Å². The molecule has 0 unspecified atom stereocenters. The van der Waals surface area contributed by atoms with Crippen LogP contribution >= 0.6 is 0 Å². The van der Waals surface area contributed by atoms with Gasteiger partial charge in [-0.25, -0.2) is 0 Å². The third-order valence-electron chi connectivity index (χ3n) is 11.0. The number of halogens is 2. The first-order valence-corrected chi connectivity index (χ1v) is 13.2. The molecule has 0 N–H and O–H groups in total. The van der Waals surface area contributed by atoms with Crippen LogP contribution in [0.1, 0.15) is 112 Å². The molecule has 4 fully saturated rings. The maximum absolute atomic E-state index is 13.3. The predicted octanol–water partition coefficient (Wildman–Crippen LogP) is 9.26. The molecule has 2 heteroatoms. The highest BCUT2D eigenvalue weighted by molar-refractivity contribution is 5.15. The van der Waals surface area contributed by atoms with Crippen molar-refractivity contribution in [1.82, 2.24) is 0 Å². The summed E-state index contributed by atoms with van der Waals surface area (Å²) in [6.45, 7) is 12.4.